The van der Waals surface area contributed by atoms with Crippen LogP contribution in [-0.4, -0.2) is 44.4 Å². The molecule has 0 N–H and O–H groups in total. The number of rotatable bonds is 5. The number of nitrogens with zero attached hydrogens (tertiary/aromatic N) is 5. The van der Waals surface area contributed by atoms with Crippen molar-refractivity contribution in [3.05, 3.63) is 93.7 Å². The molecule has 170 valence electrons. The van der Waals surface area contributed by atoms with Crippen molar-refractivity contribution in [2.75, 3.05) is 14.1 Å². The number of benzene rings is 2. The molecular formula is C26H23N5O2S. The highest BCUT2D eigenvalue weighted by molar-refractivity contribution is 7.16. The maximum Gasteiger partial charge on any atom is 0.264 e. The summed E-state index contributed by atoms with van der Waals surface area (Å²) in [4.78, 5) is 42.4. The topological polar surface area (TPSA) is 81.0 Å². The Kier molecular flexibility index (Phi) is 5.67. The molecule has 0 radical (unpaired) electrons. The van der Waals surface area contributed by atoms with Crippen molar-refractivity contribution in [2.45, 2.75) is 19.3 Å². The summed E-state index contributed by atoms with van der Waals surface area (Å²) in [5, 5.41) is 1.16. The molecule has 0 spiro atoms. The van der Waals surface area contributed by atoms with E-state index in [1.807, 2.05) is 48.5 Å². The van der Waals surface area contributed by atoms with Gasteiger partial charge in [-0.3, -0.25) is 14.2 Å². The number of para-hydroxylation sites is 1. The molecule has 0 aliphatic rings. The zero-order valence-electron chi connectivity index (χ0n) is 19.1. The minimum absolute atomic E-state index is 0.0506. The van der Waals surface area contributed by atoms with Gasteiger partial charge in [0.2, 0.25) is 0 Å². The van der Waals surface area contributed by atoms with E-state index in [9.17, 15) is 9.59 Å². The van der Waals surface area contributed by atoms with Gasteiger partial charge in [-0.1, -0.05) is 37.3 Å². The fourth-order valence-electron chi connectivity index (χ4n) is 4.29. The van der Waals surface area contributed by atoms with Crippen LogP contribution in [0.15, 0.2) is 71.2 Å². The molecule has 1 atom stereocenters. The van der Waals surface area contributed by atoms with Crippen LogP contribution in [0.3, 0.4) is 0 Å². The van der Waals surface area contributed by atoms with Crippen molar-refractivity contribution in [1.82, 2.24) is 24.4 Å². The molecule has 1 amide bonds. The molecule has 0 unspecified atom stereocenters. The molecule has 2 aromatic carbocycles. The van der Waals surface area contributed by atoms with Crippen molar-refractivity contribution in [1.29, 1.82) is 0 Å². The van der Waals surface area contributed by atoms with Crippen molar-refractivity contribution < 1.29 is 4.79 Å². The van der Waals surface area contributed by atoms with Crippen LogP contribution in [-0.2, 0) is 6.42 Å². The summed E-state index contributed by atoms with van der Waals surface area (Å²) in [6, 6.07) is 17.0. The predicted molar refractivity (Wildman–Crippen MR) is 135 cm³/mol. The summed E-state index contributed by atoms with van der Waals surface area (Å²) < 4.78 is 1.72. The second-order valence-electron chi connectivity index (χ2n) is 8.45. The normalized spacial score (nSPS) is 12.2. The number of pyridine rings is 1. The molecule has 0 aliphatic carbocycles. The third-order valence-corrected chi connectivity index (χ3v) is 6.67. The Balaban J connectivity index is 1.73. The van der Waals surface area contributed by atoms with Gasteiger partial charge >= 0.3 is 0 Å². The van der Waals surface area contributed by atoms with Gasteiger partial charge in [-0.05, 0) is 29.7 Å². The van der Waals surface area contributed by atoms with E-state index in [2.05, 4.69) is 21.9 Å². The van der Waals surface area contributed by atoms with Crippen LogP contribution in [0.1, 0.15) is 34.6 Å². The van der Waals surface area contributed by atoms with E-state index in [0.717, 1.165) is 32.8 Å². The Morgan fingerprint density at radius 3 is 2.62 bits per heavy atom. The van der Waals surface area contributed by atoms with Crippen LogP contribution in [0.2, 0.25) is 0 Å². The zero-order chi connectivity index (χ0) is 23.8. The molecule has 3 heterocycles. The Morgan fingerprint density at radius 2 is 1.85 bits per heavy atom. The van der Waals surface area contributed by atoms with Crippen LogP contribution in [0, 0.1) is 0 Å². The van der Waals surface area contributed by atoms with Gasteiger partial charge in [0, 0.05) is 37.8 Å². The molecule has 0 saturated carbocycles. The minimum atomic E-state index is -0.210. The number of hydrogen-bond acceptors (Lipinski definition) is 6. The first-order valence-electron chi connectivity index (χ1n) is 10.9. The van der Waals surface area contributed by atoms with Gasteiger partial charge in [-0.2, -0.15) is 0 Å². The lowest BCUT2D eigenvalue weighted by molar-refractivity contribution is 0.0829. The summed E-state index contributed by atoms with van der Waals surface area (Å²) in [6.45, 7) is 2.08. The van der Waals surface area contributed by atoms with Crippen molar-refractivity contribution in [3.8, 4) is 5.69 Å². The van der Waals surface area contributed by atoms with E-state index in [0.29, 0.717) is 17.4 Å². The van der Waals surface area contributed by atoms with Crippen LogP contribution < -0.4 is 5.56 Å². The van der Waals surface area contributed by atoms with Crippen molar-refractivity contribution >= 4 is 38.4 Å². The van der Waals surface area contributed by atoms with Gasteiger partial charge in [0.15, 0.2) is 0 Å². The molecule has 5 rings (SSSR count). The number of thiazole rings is 1. The molecule has 8 heteroatoms. The molecule has 5 aromatic rings. The first kappa shape index (κ1) is 21.9. The maximum absolute atomic E-state index is 14.0. The van der Waals surface area contributed by atoms with Crippen LogP contribution >= 0.6 is 11.3 Å². The lowest BCUT2D eigenvalue weighted by atomic mass is 9.96. The molecule has 34 heavy (non-hydrogen) atoms. The Morgan fingerprint density at radius 1 is 1.06 bits per heavy atom. The fraction of sp³-hybridized carbons (Fsp3) is 0.192. The smallest absolute Gasteiger partial charge is 0.264 e. The first-order valence-corrected chi connectivity index (χ1v) is 11.8. The third-order valence-electron chi connectivity index (χ3n) is 5.94. The lowest BCUT2D eigenvalue weighted by Crippen LogP contribution is -2.28. The SMILES string of the molecule is C[C@H](Cc1ncnc2scnc12)c1cc2cccc(C(=O)N(C)C)c2c(=O)n1-c1ccccc1. The summed E-state index contributed by atoms with van der Waals surface area (Å²) in [5.74, 6) is -0.250. The lowest BCUT2D eigenvalue weighted by Gasteiger charge is -2.21. The minimum Gasteiger partial charge on any atom is -0.345 e. The van der Waals surface area contributed by atoms with Gasteiger partial charge in [-0.15, -0.1) is 11.3 Å². The quantitative estimate of drug-likeness (QED) is 0.380. The number of hydrogen-bond donors (Lipinski definition) is 0. The number of amides is 1. The summed E-state index contributed by atoms with van der Waals surface area (Å²) in [5.41, 5.74) is 5.21. The number of aromatic nitrogens is 4. The zero-order valence-corrected chi connectivity index (χ0v) is 19.9. The highest BCUT2D eigenvalue weighted by Gasteiger charge is 2.22. The van der Waals surface area contributed by atoms with E-state index in [1.54, 1.807) is 36.6 Å². The van der Waals surface area contributed by atoms with E-state index in [-0.39, 0.29) is 17.4 Å². The standard InChI is InChI=1S/C26H23N5O2S/c1-16(12-20-23-24(28-14-27-20)34-15-29-23)21-13-17-8-7-11-19(25(32)30(2)3)22(17)26(33)31(21)18-9-5-4-6-10-18/h4-11,13-16H,12H2,1-3H3/t16-/m1/s1. The highest BCUT2D eigenvalue weighted by Crippen LogP contribution is 2.28. The maximum atomic E-state index is 14.0. The second-order valence-corrected chi connectivity index (χ2v) is 9.28. The van der Waals surface area contributed by atoms with Gasteiger partial charge < -0.3 is 4.90 Å². The van der Waals surface area contributed by atoms with Crippen LogP contribution in [0.25, 0.3) is 26.8 Å². The number of fused-ring (bicyclic) bond motifs is 2. The molecule has 0 fully saturated rings. The van der Waals surface area contributed by atoms with Crippen LogP contribution in [0.5, 0.6) is 0 Å². The van der Waals surface area contributed by atoms with Crippen molar-refractivity contribution in [2.24, 2.45) is 0 Å². The molecule has 3 aromatic heterocycles. The Hall–Kier alpha value is -3.91. The molecule has 0 bridgehead atoms. The van der Waals surface area contributed by atoms with Crippen molar-refractivity contribution in [3.63, 3.8) is 0 Å². The van der Waals surface area contributed by atoms with Gasteiger partial charge in [0.05, 0.1) is 22.2 Å². The molecule has 7 nitrogen and oxygen atoms in total. The van der Waals surface area contributed by atoms with Gasteiger partial charge in [-0.25, -0.2) is 15.0 Å². The molecule has 0 saturated heterocycles. The summed E-state index contributed by atoms with van der Waals surface area (Å²) in [7, 11) is 3.38. The van der Waals surface area contributed by atoms with E-state index >= 15 is 0 Å². The summed E-state index contributed by atoms with van der Waals surface area (Å²) >= 11 is 1.48. The van der Waals surface area contributed by atoms with Crippen LogP contribution in [0.4, 0.5) is 0 Å². The van der Waals surface area contributed by atoms with E-state index in [4.69, 9.17) is 0 Å². The fourth-order valence-corrected chi connectivity index (χ4v) is 4.94. The first-order chi connectivity index (χ1) is 16.5. The molecule has 0 aliphatic heterocycles. The second kappa shape index (κ2) is 8.79. The number of carbonyl (C=O) groups is 1. The van der Waals surface area contributed by atoms with Gasteiger partial charge in [0.1, 0.15) is 16.7 Å². The van der Waals surface area contributed by atoms with E-state index < -0.39 is 0 Å². The van der Waals surface area contributed by atoms with E-state index in [1.165, 1.54) is 16.2 Å². The highest BCUT2D eigenvalue weighted by atomic mass is 32.1. The number of carbonyl (C=O) groups excluding carboxylic acids is 1. The monoisotopic (exact) mass is 469 g/mol. The Labute approximate surface area is 200 Å². The average Bonchev–Trinajstić information content (AvgIpc) is 3.33. The average molecular weight is 470 g/mol. The predicted octanol–water partition coefficient (Wildman–Crippen LogP) is 4.44. The summed E-state index contributed by atoms with van der Waals surface area (Å²) in [6.07, 6.45) is 2.16. The largest absolute Gasteiger partial charge is 0.345 e. The van der Waals surface area contributed by atoms with Gasteiger partial charge in [0.25, 0.3) is 11.5 Å². The molecular weight excluding hydrogens is 446 g/mol. The third kappa shape index (κ3) is 3.76. The Bertz CT molecular complexity index is 1570.